The second-order valence-electron chi connectivity index (χ2n) is 6.76. The van der Waals surface area contributed by atoms with Gasteiger partial charge in [0.2, 0.25) is 0 Å². The van der Waals surface area contributed by atoms with Gasteiger partial charge in [0.05, 0.1) is 0 Å². The third-order valence-corrected chi connectivity index (χ3v) is 3.12. The SMILES string of the molecule is CC(C)(C)c1ccn2ccnc2c1C(C)(C)C. The van der Waals surface area contributed by atoms with Crippen molar-refractivity contribution in [2.75, 3.05) is 0 Å². The highest BCUT2D eigenvalue weighted by Crippen LogP contribution is 2.35. The monoisotopic (exact) mass is 230 g/mol. The summed E-state index contributed by atoms with van der Waals surface area (Å²) >= 11 is 0. The summed E-state index contributed by atoms with van der Waals surface area (Å²) < 4.78 is 2.11. The Kier molecular flexibility index (Phi) is 2.57. The fraction of sp³-hybridized carbons (Fsp3) is 0.533. The molecule has 2 aromatic heterocycles. The molecule has 2 heteroatoms. The van der Waals surface area contributed by atoms with Gasteiger partial charge in [-0.25, -0.2) is 4.98 Å². The highest BCUT2D eigenvalue weighted by atomic mass is 15.0. The van der Waals surface area contributed by atoms with Crippen molar-refractivity contribution in [1.29, 1.82) is 0 Å². The van der Waals surface area contributed by atoms with Gasteiger partial charge in [-0.05, 0) is 22.5 Å². The molecule has 0 saturated carbocycles. The first-order valence-corrected chi connectivity index (χ1v) is 6.18. The maximum atomic E-state index is 4.52. The second-order valence-corrected chi connectivity index (χ2v) is 6.76. The normalized spacial score (nSPS) is 13.3. The van der Waals surface area contributed by atoms with Crippen LogP contribution in [0.4, 0.5) is 0 Å². The molecule has 2 heterocycles. The van der Waals surface area contributed by atoms with Gasteiger partial charge in [-0.2, -0.15) is 0 Å². The van der Waals surface area contributed by atoms with Crippen molar-refractivity contribution < 1.29 is 0 Å². The summed E-state index contributed by atoms with van der Waals surface area (Å²) in [5, 5.41) is 0. The van der Waals surface area contributed by atoms with Gasteiger partial charge in [-0.1, -0.05) is 41.5 Å². The zero-order valence-electron chi connectivity index (χ0n) is 11.7. The molecule has 2 rings (SSSR count). The number of rotatable bonds is 0. The van der Waals surface area contributed by atoms with Crippen LogP contribution in [0.2, 0.25) is 0 Å². The van der Waals surface area contributed by atoms with Crippen LogP contribution in [0.25, 0.3) is 5.65 Å². The first-order chi connectivity index (χ1) is 7.71. The van der Waals surface area contributed by atoms with Gasteiger partial charge in [-0.15, -0.1) is 0 Å². The molecule has 0 atom stereocenters. The van der Waals surface area contributed by atoms with Crippen LogP contribution in [0.1, 0.15) is 52.7 Å². The number of pyridine rings is 1. The predicted molar refractivity (Wildman–Crippen MR) is 72.6 cm³/mol. The van der Waals surface area contributed by atoms with E-state index in [0.717, 1.165) is 5.65 Å². The molecule has 0 aliphatic rings. The van der Waals surface area contributed by atoms with Crippen molar-refractivity contribution in [2.45, 2.75) is 52.4 Å². The zero-order chi connectivity index (χ0) is 12.8. The smallest absolute Gasteiger partial charge is 0.140 e. The minimum absolute atomic E-state index is 0.108. The van der Waals surface area contributed by atoms with Crippen LogP contribution in [-0.2, 0) is 10.8 Å². The fourth-order valence-electron chi connectivity index (χ4n) is 2.35. The van der Waals surface area contributed by atoms with Crippen LogP contribution in [-0.4, -0.2) is 9.38 Å². The van der Waals surface area contributed by atoms with E-state index >= 15 is 0 Å². The lowest BCUT2D eigenvalue weighted by Crippen LogP contribution is -2.23. The first-order valence-electron chi connectivity index (χ1n) is 6.18. The molecule has 0 aromatic carbocycles. The quantitative estimate of drug-likeness (QED) is 0.670. The van der Waals surface area contributed by atoms with E-state index in [1.807, 2.05) is 12.4 Å². The second kappa shape index (κ2) is 3.59. The van der Waals surface area contributed by atoms with Crippen molar-refractivity contribution in [2.24, 2.45) is 0 Å². The molecule has 2 aromatic rings. The highest BCUT2D eigenvalue weighted by molar-refractivity contribution is 5.57. The van der Waals surface area contributed by atoms with Crippen LogP contribution >= 0.6 is 0 Å². The third kappa shape index (κ3) is 2.08. The Morgan fingerprint density at radius 2 is 1.59 bits per heavy atom. The first kappa shape index (κ1) is 12.2. The van der Waals surface area contributed by atoms with Crippen LogP contribution in [0, 0.1) is 0 Å². The lowest BCUT2D eigenvalue weighted by molar-refractivity contribution is 0.531. The van der Waals surface area contributed by atoms with Crippen LogP contribution < -0.4 is 0 Å². The molecule has 0 aliphatic carbocycles. The molecule has 0 N–H and O–H groups in total. The number of fused-ring (bicyclic) bond motifs is 1. The van der Waals surface area contributed by atoms with Gasteiger partial charge in [0, 0.05) is 24.2 Å². The van der Waals surface area contributed by atoms with E-state index in [0.29, 0.717) is 0 Å². The Morgan fingerprint density at radius 3 is 2.12 bits per heavy atom. The summed E-state index contributed by atoms with van der Waals surface area (Å²) in [5.74, 6) is 0. The van der Waals surface area contributed by atoms with E-state index in [-0.39, 0.29) is 10.8 Å². The molecule has 0 spiro atoms. The molecule has 0 amide bonds. The summed E-state index contributed by atoms with van der Waals surface area (Å²) in [6.45, 7) is 13.6. The lowest BCUT2D eigenvalue weighted by Gasteiger charge is -2.30. The van der Waals surface area contributed by atoms with Gasteiger partial charge >= 0.3 is 0 Å². The Bertz CT molecular complexity index is 536. The third-order valence-electron chi connectivity index (χ3n) is 3.12. The zero-order valence-corrected chi connectivity index (χ0v) is 11.7. The summed E-state index contributed by atoms with van der Waals surface area (Å²) in [6, 6.07) is 2.23. The van der Waals surface area contributed by atoms with E-state index in [1.54, 1.807) is 0 Å². The largest absolute Gasteiger partial charge is 0.307 e. The molecular weight excluding hydrogens is 208 g/mol. The van der Waals surface area contributed by atoms with E-state index in [4.69, 9.17) is 0 Å². The molecule has 0 aliphatic heterocycles. The predicted octanol–water partition coefficient (Wildman–Crippen LogP) is 3.93. The summed E-state index contributed by atoms with van der Waals surface area (Å²) in [4.78, 5) is 4.52. The number of imidazole rings is 1. The summed E-state index contributed by atoms with van der Waals surface area (Å²) in [7, 11) is 0. The Hall–Kier alpha value is -1.31. The van der Waals surface area contributed by atoms with Crippen LogP contribution in [0.15, 0.2) is 24.7 Å². The van der Waals surface area contributed by atoms with Crippen molar-refractivity contribution >= 4 is 5.65 Å². The van der Waals surface area contributed by atoms with Crippen molar-refractivity contribution in [1.82, 2.24) is 9.38 Å². The van der Waals surface area contributed by atoms with Crippen molar-refractivity contribution in [3.05, 3.63) is 35.8 Å². The highest BCUT2D eigenvalue weighted by Gasteiger charge is 2.27. The maximum absolute atomic E-state index is 4.52. The summed E-state index contributed by atoms with van der Waals surface area (Å²) in [5.41, 5.74) is 4.10. The van der Waals surface area contributed by atoms with Gasteiger partial charge in [-0.3, -0.25) is 0 Å². The van der Waals surface area contributed by atoms with Crippen molar-refractivity contribution in [3.63, 3.8) is 0 Å². The van der Waals surface area contributed by atoms with E-state index < -0.39 is 0 Å². The van der Waals surface area contributed by atoms with E-state index in [2.05, 4.69) is 63.2 Å². The molecule has 0 saturated heterocycles. The van der Waals surface area contributed by atoms with Gasteiger partial charge in [0.1, 0.15) is 5.65 Å². The van der Waals surface area contributed by atoms with Gasteiger partial charge < -0.3 is 4.40 Å². The molecule has 92 valence electrons. The maximum Gasteiger partial charge on any atom is 0.140 e. The average Bonchev–Trinajstić information content (AvgIpc) is 2.59. The molecular formula is C15H22N2. The number of hydrogen-bond donors (Lipinski definition) is 0. The molecule has 17 heavy (non-hydrogen) atoms. The lowest BCUT2D eigenvalue weighted by atomic mass is 9.76. The molecule has 2 nitrogen and oxygen atoms in total. The average molecular weight is 230 g/mol. The van der Waals surface area contributed by atoms with Crippen LogP contribution in [0.5, 0.6) is 0 Å². The van der Waals surface area contributed by atoms with E-state index in [9.17, 15) is 0 Å². The molecule has 0 fully saturated rings. The van der Waals surface area contributed by atoms with Crippen molar-refractivity contribution in [3.8, 4) is 0 Å². The summed E-state index contributed by atoms with van der Waals surface area (Å²) in [6.07, 6.45) is 5.99. The number of hydrogen-bond acceptors (Lipinski definition) is 1. The number of nitrogens with zero attached hydrogens (tertiary/aromatic N) is 2. The van der Waals surface area contributed by atoms with Gasteiger partial charge in [0.25, 0.3) is 0 Å². The fourth-order valence-corrected chi connectivity index (χ4v) is 2.35. The molecule has 0 radical (unpaired) electrons. The topological polar surface area (TPSA) is 17.3 Å². The van der Waals surface area contributed by atoms with E-state index in [1.165, 1.54) is 11.1 Å². The standard InChI is InChI=1S/C15H22N2/c1-14(2,3)11-7-9-17-10-8-16-13(17)12(11)15(4,5)6/h7-10H,1-6H3. The molecule has 0 unspecified atom stereocenters. The minimum Gasteiger partial charge on any atom is -0.307 e. The Morgan fingerprint density at radius 1 is 0.941 bits per heavy atom. The Balaban J connectivity index is 2.85. The number of aromatic nitrogens is 2. The van der Waals surface area contributed by atoms with Crippen LogP contribution in [0.3, 0.4) is 0 Å². The minimum atomic E-state index is 0.108. The Labute approximate surface area is 104 Å². The van der Waals surface area contributed by atoms with Gasteiger partial charge in [0.15, 0.2) is 0 Å². The molecule has 0 bridgehead atoms.